The predicted molar refractivity (Wildman–Crippen MR) is 67.6 cm³/mol. The number of pyridine rings is 1. The molecule has 1 saturated carbocycles. The van der Waals surface area contributed by atoms with Crippen molar-refractivity contribution >= 4 is 5.69 Å². The molecule has 1 aromatic heterocycles. The Hall–Kier alpha value is -1.09. The highest BCUT2D eigenvalue weighted by atomic mass is 15.2. The average Bonchev–Trinajstić information content (AvgIpc) is 2.22. The van der Waals surface area contributed by atoms with Gasteiger partial charge in [0.15, 0.2) is 0 Å². The van der Waals surface area contributed by atoms with Gasteiger partial charge in [0, 0.05) is 30.7 Å². The Kier molecular flexibility index (Phi) is 3.78. The maximum absolute atomic E-state index is 5.61. The molecule has 0 amide bonds. The van der Waals surface area contributed by atoms with Crippen molar-refractivity contribution in [2.45, 2.75) is 38.6 Å². The first kappa shape index (κ1) is 11.4. The van der Waals surface area contributed by atoms with Gasteiger partial charge in [-0.2, -0.15) is 0 Å². The largest absolute Gasteiger partial charge is 0.368 e. The third-order valence-corrected chi connectivity index (χ3v) is 3.42. The summed E-state index contributed by atoms with van der Waals surface area (Å²) in [6.07, 6.45) is 8.92. The summed E-state index contributed by atoms with van der Waals surface area (Å²) in [6.45, 7) is 3.98. The molecule has 16 heavy (non-hydrogen) atoms. The van der Waals surface area contributed by atoms with E-state index in [9.17, 15) is 0 Å². The molecule has 1 aliphatic carbocycles. The number of hydrogen-bond acceptors (Lipinski definition) is 3. The Morgan fingerprint density at radius 2 is 2.31 bits per heavy atom. The molecule has 0 saturated heterocycles. The minimum atomic E-state index is 0.729. The fourth-order valence-corrected chi connectivity index (χ4v) is 2.25. The molecule has 0 spiro atoms. The van der Waals surface area contributed by atoms with Gasteiger partial charge in [0.25, 0.3) is 0 Å². The van der Waals surface area contributed by atoms with E-state index in [1.165, 1.54) is 30.5 Å². The van der Waals surface area contributed by atoms with Crippen molar-refractivity contribution < 1.29 is 0 Å². The highest BCUT2D eigenvalue weighted by Gasteiger charge is 2.25. The summed E-state index contributed by atoms with van der Waals surface area (Å²) in [6, 6.07) is 2.86. The lowest BCUT2D eigenvalue weighted by Crippen LogP contribution is -2.41. The zero-order valence-corrected chi connectivity index (χ0v) is 10.0. The topological polar surface area (TPSA) is 42.2 Å². The highest BCUT2D eigenvalue weighted by Crippen LogP contribution is 2.31. The molecule has 0 atom stereocenters. The number of nitrogens with two attached hydrogens (primary N) is 1. The van der Waals surface area contributed by atoms with Crippen LogP contribution in [0.2, 0.25) is 0 Å². The van der Waals surface area contributed by atoms with Crippen LogP contribution < -0.4 is 10.6 Å². The van der Waals surface area contributed by atoms with Gasteiger partial charge in [0.05, 0.1) is 0 Å². The molecule has 3 nitrogen and oxygen atoms in total. The summed E-state index contributed by atoms with van der Waals surface area (Å²) in [5.41, 5.74) is 8.22. The molecule has 3 heteroatoms. The van der Waals surface area contributed by atoms with Crippen LogP contribution in [0, 0.1) is 6.92 Å². The van der Waals surface area contributed by atoms with Crippen LogP contribution in [0.25, 0.3) is 0 Å². The molecule has 0 aliphatic heterocycles. The van der Waals surface area contributed by atoms with Crippen molar-refractivity contribution in [3.05, 3.63) is 24.0 Å². The summed E-state index contributed by atoms with van der Waals surface area (Å²) in [4.78, 5) is 6.68. The fourth-order valence-electron chi connectivity index (χ4n) is 2.25. The van der Waals surface area contributed by atoms with Gasteiger partial charge < -0.3 is 10.6 Å². The van der Waals surface area contributed by atoms with Crippen LogP contribution in [-0.4, -0.2) is 24.1 Å². The maximum atomic E-state index is 5.61. The summed E-state index contributed by atoms with van der Waals surface area (Å²) in [5.74, 6) is 0. The van der Waals surface area contributed by atoms with Gasteiger partial charge in [-0.15, -0.1) is 0 Å². The van der Waals surface area contributed by atoms with Gasteiger partial charge in [0.1, 0.15) is 0 Å². The molecule has 1 fully saturated rings. The maximum Gasteiger partial charge on any atom is 0.0429 e. The number of aromatic nitrogens is 1. The molecule has 0 unspecified atom stereocenters. The van der Waals surface area contributed by atoms with Crippen molar-refractivity contribution in [3.63, 3.8) is 0 Å². The third-order valence-electron chi connectivity index (χ3n) is 3.42. The molecule has 1 aliphatic rings. The number of nitrogens with zero attached hydrogens (tertiary/aromatic N) is 2. The van der Waals surface area contributed by atoms with Gasteiger partial charge in [-0.3, -0.25) is 4.98 Å². The zero-order chi connectivity index (χ0) is 11.4. The van der Waals surface area contributed by atoms with Gasteiger partial charge in [-0.05, 0) is 50.8 Å². The monoisotopic (exact) mass is 219 g/mol. The molecule has 0 aromatic carbocycles. The molecule has 88 valence electrons. The van der Waals surface area contributed by atoms with Crippen molar-refractivity contribution in [2.24, 2.45) is 5.73 Å². The van der Waals surface area contributed by atoms with Crippen LogP contribution in [0.3, 0.4) is 0 Å². The Bertz CT molecular complexity index is 334. The Balaban J connectivity index is 2.13. The third kappa shape index (κ3) is 2.35. The van der Waals surface area contributed by atoms with E-state index >= 15 is 0 Å². The lowest BCUT2D eigenvalue weighted by atomic mass is 9.90. The second-order valence-electron chi connectivity index (χ2n) is 4.58. The Morgan fingerprint density at radius 1 is 1.50 bits per heavy atom. The van der Waals surface area contributed by atoms with E-state index in [-0.39, 0.29) is 0 Å². The minimum Gasteiger partial charge on any atom is -0.368 e. The first-order valence-electron chi connectivity index (χ1n) is 6.20. The van der Waals surface area contributed by atoms with Crippen LogP contribution in [0.15, 0.2) is 18.5 Å². The van der Waals surface area contributed by atoms with E-state index in [4.69, 9.17) is 5.73 Å². The fraction of sp³-hybridized carbons (Fsp3) is 0.615. The van der Waals surface area contributed by atoms with Gasteiger partial charge in [-0.1, -0.05) is 0 Å². The van der Waals surface area contributed by atoms with Crippen molar-refractivity contribution in [3.8, 4) is 0 Å². The van der Waals surface area contributed by atoms with Crippen LogP contribution in [0.5, 0.6) is 0 Å². The first-order chi connectivity index (χ1) is 7.83. The molecular formula is C13H21N3. The standard InChI is InChI=1S/C13H21N3/c1-11-10-15-8-6-13(11)16(9-3-7-14)12-4-2-5-12/h6,8,10,12H,2-5,7,9,14H2,1H3. The molecule has 2 rings (SSSR count). The van der Waals surface area contributed by atoms with Crippen molar-refractivity contribution in [2.75, 3.05) is 18.0 Å². The number of rotatable bonds is 5. The van der Waals surface area contributed by atoms with E-state index in [1.807, 2.05) is 12.4 Å². The van der Waals surface area contributed by atoms with E-state index in [1.54, 1.807) is 0 Å². The van der Waals surface area contributed by atoms with E-state index < -0.39 is 0 Å². The highest BCUT2D eigenvalue weighted by molar-refractivity contribution is 5.52. The lowest BCUT2D eigenvalue weighted by molar-refractivity contribution is 0.384. The second-order valence-corrected chi connectivity index (χ2v) is 4.58. The molecule has 0 bridgehead atoms. The Labute approximate surface area is 97.7 Å². The average molecular weight is 219 g/mol. The Morgan fingerprint density at radius 3 is 2.88 bits per heavy atom. The molecule has 0 radical (unpaired) electrons. The molecule has 1 heterocycles. The smallest absolute Gasteiger partial charge is 0.0429 e. The SMILES string of the molecule is Cc1cnccc1N(CCCN)C1CCC1. The number of aryl methyl sites for hydroxylation is 1. The zero-order valence-electron chi connectivity index (χ0n) is 10.0. The van der Waals surface area contributed by atoms with Gasteiger partial charge in [0.2, 0.25) is 0 Å². The lowest BCUT2D eigenvalue weighted by Gasteiger charge is -2.40. The summed E-state index contributed by atoms with van der Waals surface area (Å²) in [7, 11) is 0. The normalized spacial score (nSPS) is 15.9. The van der Waals surface area contributed by atoms with Gasteiger partial charge >= 0.3 is 0 Å². The van der Waals surface area contributed by atoms with E-state index in [0.29, 0.717) is 0 Å². The predicted octanol–water partition coefficient (Wildman–Crippen LogP) is 2.10. The molecular weight excluding hydrogens is 198 g/mol. The van der Waals surface area contributed by atoms with Crippen LogP contribution >= 0.6 is 0 Å². The summed E-state index contributed by atoms with van der Waals surface area (Å²) >= 11 is 0. The first-order valence-corrected chi connectivity index (χ1v) is 6.20. The van der Waals surface area contributed by atoms with Crippen LogP contribution in [0.4, 0.5) is 5.69 Å². The van der Waals surface area contributed by atoms with Crippen molar-refractivity contribution in [1.29, 1.82) is 0 Å². The number of hydrogen-bond donors (Lipinski definition) is 1. The summed E-state index contributed by atoms with van der Waals surface area (Å²) in [5, 5.41) is 0. The van der Waals surface area contributed by atoms with Crippen LogP contribution in [0.1, 0.15) is 31.2 Å². The van der Waals surface area contributed by atoms with Crippen molar-refractivity contribution in [1.82, 2.24) is 4.98 Å². The minimum absolute atomic E-state index is 0.729. The van der Waals surface area contributed by atoms with Gasteiger partial charge in [-0.25, -0.2) is 0 Å². The van der Waals surface area contributed by atoms with Crippen LogP contribution in [-0.2, 0) is 0 Å². The summed E-state index contributed by atoms with van der Waals surface area (Å²) < 4.78 is 0. The second kappa shape index (κ2) is 5.30. The van der Waals surface area contributed by atoms with E-state index in [2.05, 4.69) is 22.9 Å². The van der Waals surface area contributed by atoms with E-state index in [0.717, 1.165) is 25.6 Å². The molecule has 1 aromatic rings. The number of anilines is 1. The molecule has 2 N–H and O–H groups in total. The quantitative estimate of drug-likeness (QED) is 0.824.